The predicted octanol–water partition coefficient (Wildman–Crippen LogP) is 6.89. The molecule has 0 saturated carbocycles. The van der Waals surface area contributed by atoms with Crippen molar-refractivity contribution in [2.45, 2.75) is 17.1 Å². The normalized spacial score (nSPS) is 11.7. The number of nitrogens with one attached hydrogen (secondary N) is 3. The Hall–Kier alpha value is -4.73. The van der Waals surface area contributed by atoms with Crippen molar-refractivity contribution < 1.29 is 23.9 Å². The Morgan fingerprint density at radius 2 is 1.56 bits per heavy atom. The molecule has 0 heterocycles. The van der Waals surface area contributed by atoms with Gasteiger partial charge in [-0.25, -0.2) is 0 Å². The molecule has 0 spiro atoms. The van der Waals surface area contributed by atoms with Crippen LogP contribution in [0.5, 0.6) is 11.5 Å². The minimum absolute atomic E-state index is 0.00478. The smallest absolute Gasteiger partial charge is 0.272 e. The van der Waals surface area contributed by atoms with Gasteiger partial charge in [0.05, 0.1) is 19.5 Å². The Morgan fingerprint density at radius 1 is 0.814 bits per heavy atom. The number of hydrogen-bond acceptors (Lipinski definition) is 6. The van der Waals surface area contributed by atoms with Crippen LogP contribution in [0, 0.1) is 0 Å². The Morgan fingerprint density at radius 3 is 2.23 bits per heavy atom. The standard InChI is InChI=1S/C33H30ClN3O5S/c1-21(31(38)36-26-11-7-10-24(34)20-26)43-28-15-12-25(13-16-28)35-33(40)29(37-32(39)22-8-5-4-6-9-22)19-23-18-27(41-2)14-17-30(23)42-3/h4-21H,1-3H3,(H,35,40)(H,36,38)(H,37,39)/b29-19-. The first-order valence-electron chi connectivity index (χ1n) is 13.2. The Kier molecular flexibility index (Phi) is 10.9. The fourth-order valence-electron chi connectivity index (χ4n) is 3.93. The van der Waals surface area contributed by atoms with E-state index in [4.69, 9.17) is 21.1 Å². The van der Waals surface area contributed by atoms with E-state index in [0.717, 1.165) is 4.90 Å². The zero-order chi connectivity index (χ0) is 30.8. The van der Waals surface area contributed by atoms with E-state index < -0.39 is 11.8 Å². The van der Waals surface area contributed by atoms with Crippen LogP contribution in [0.3, 0.4) is 0 Å². The summed E-state index contributed by atoms with van der Waals surface area (Å²) < 4.78 is 10.8. The summed E-state index contributed by atoms with van der Waals surface area (Å²) in [5.74, 6) is -0.0919. The minimum atomic E-state index is -0.538. The third-order valence-electron chi connectivity index (χ3n) is 6.15. The van der Waals surface area contributed by atoms with Crippen LogP contribution < -0.4 is 25.4 Å². The SMILES string of the molecule is COc1ccc(OC)c(/C=C(\NC(=O)c2ccccc2)C(=O)Nc2ccc(SC(C)C(=O)Nc3cccc(Cl)c3)cc2)c1. The Balaban J connectivity index is 1.49. The molecule has 4 aromatic carbocycles. The maximum atomic E-state index is 13.5. The average Bonchev–Trinajstić information content (AvgIpc) is 3.01. The van der Waals surface area contributed by atoms with Crippen LogP contribution in [0.2, 0.25) is 5.02 Å². The number of amides is 3. The molecule has 0 fully saturated rings. The molecule has 0 radical (unpaired) electrons. The van der Waals surface area contributed by atoms with E-state index in [-0.39, 0.29) is 16.9 Å². The van der Waals surface area contributed by atoms with Crippen molar-refractivity contribution in [3.63, 3.8) is 0 Å². The molecule has 1 atom stereocenters. The molecule has 0 aliphatic carbocycles. The van der Waals surface area contributed by atoms with Crippen LogP contribution in [0.15, 0.2) is 108 Å². The van der Waals surface area contributed by atoms with E-state index in [1.165, 1.54) is 32.1 Å². The largest absolute Gasteiger partial charge is 0.497 e. The van der Waals surface area contributed by atoms with E-state index in [2.05, 4.69) is 16.0 Å². The summed E-state index contributed by atoms with van der Waals surface area (Å²) in [6, 6.07) is 27.8. The highest BCUT2D eigenvalue weighted by atomic mass is 35.5. The number of rotatable bonds is 11. The lowest BCUT2D eigenvalue weighted by Gasteiger charge is -2.14. The lowest BCUT2D eigenvalue weighted by Crippen LogP contribution is -2.30. The molecule has 4 rings (SSSR count). The molecule has 3 N–H and O–H groups in total. The van der Waals surface area contributed by atoms with Crippen molar-refractivity contribution in [2.75, 3.05) is 24.9 Å². The van der Waals surface area contributed by atoms with E-state index >= 15 is 0 Å². The summed E-state index contributed by atoms with van der Waals surface area (Å²) in [6.45, 7) is 1.81. The van der Waals surface area contributed by atoms with Crippen molar-refractivity contribution in [2.24, 2.45) is 0 Å². The Bertz CT molecular complexity index is 1630. The molecule has 0 aromatic heterocycles. The summed E-state index contributed by atoms with van der Waals surface area (Å²) in [7, 11) is 3.05. The van der Waals surface area contributed by atoms with Crippen LogP contribution >= 0.6 is 23.4 Å². The second-order valence-corrected chi connectivity index (χ2v) is 11.1. The summed E-state index contributed by atoms with van der Waals surface area (Å²) in [4.78, 5) is 39.9. The van der Waals surface area contributed by atoms with E-state index in [1.807, 2.05) is 0 Å². The number of ether oxygens (including phenoxy) is 2. The summed E-state index contributed by atoms with van der Waals surface area (Å²) in [5, 5.41) is 8.56. The van der Waals surface area contributed by atoms with Gasteiger partial charge in [0, 0.05) is 32.4 Å². The quantitative estimate of drug-likeness (QED) is 0.125. The van der Waals surface area contributed by atoms with Gasteiger partial charge in [0.1, 0.15) is 17.2 Å². The maximum absolute atomic E-state index is 13.5. The zero-order valence-electron chi connectivity index (χ0n) is 23.7. The van der Waals surface area contributed by atoms with Crippen molar-refractivity contribution in [3.05, 3.63) is 119 Å². The fourth-order valence-corrected chi connectivity index (χ4v) is 4.99. The highest BCUT2D eigenvalue weighted by molar-refractivity contribution is 8.00. The first-order valence-corrected chi connectivity index (χ1v) is 14.5. The number of anilines is 2. The molecule has 220 valence electrons. The zero-order valence-corrected chi connectivity index (χ0v) is 25.3. The van der Waals surface area contributed by atoms with Gasteiger partial charge < -0.3 is 25.4 Å². The fraction of sp³-hybridized carbons (Fsp3) is 0.121. The lowest BCUT2D eigenvalue weighted by atomic mass is 10.1. The molecule has 8 nitrogen and oxygen atoms in total. The van der Waals surface area contributed by atoms with Crippen molar-refractivity contribution in [1.82, 2.24) is 5.32 Å². The van der Waals surface area contributed by atoms with Crippen LogP contribution in [-0.2, 0) is 9.59 Å². The number of carbonyl (C=O) groups is 3. The predicted molar refractivity (Wildman–Crippen MR) is 172 cm³/mol. The van der Waals surface area contributed by atoms with E-state index in [9.17, 15) is 14.4 Å². The second kappa shape index (κ2) is 14.9. The monoisotopic (exact) mass is 615 g/mol. The van der Waals surface area contributed by atoms with Gasteiger partial charge in [0.2, 0.25) is 5.91 Å². The average molecular weight is 616 g/mol. The number of benzene rings is 4. The highest BCUT2D eigenvalue weighted by Gasteiger charge is 2.18. The van der Waals surface area contributed by atoms with Crippen molar-refractivity contribution >= 4 is 58.5 Å². The third kappa shape index (κ3) is 8.88. The molecule has 10 heteroatoms. The summed E-state index contributed by atoms with van der Waals surface area (Å²) >= 11 is 7.38. The molecule has 0 aliphatic rings. The molecule has 0 aliphatic heterocycles. The number of hydrogen-bond donors (Lipinski definition) is 3. The highest BCUT2D eigenvalue weighted by Crippen LogP contribution is 2.28. The van der Waals surface area contributed by atoms with Crippen molar-refractivity contribution in [1.29, 1.82) is 0 Å². The second-order valence-electron chi connectivity index (χ2n) is 9.22. The third-order valence-corrected chi connectivity index (χ3v) is 7.50. The van der Waals surface area contributed by atoms with Crippen LogP contribution in [0.1, 0.15) is 22.8 Å². The summed E-state index contributed by atoms with van der Waals surface area (Å²) in [5.41, 5.74) is 2.07. The molecule has 0 saturated heterocycles. The van der Waals surface area contributed by atoms with E-state index in [0.29, 0.717) is 39.0 Å². The van der Waals surface area contributed by atoms with E-state index in [1.54, 1.807) is 104 Å². The topological polar surface area (TPSA) is 106 Å². The number of carbonyl (C=O) groups excluding carboxylic acids is 3. The first-order chi connectivity index (χ1) is 20.7. The molecular weight excluding hydrogens is 586 g/mol. The summed E-state index contributed by atoms with van der Waals surface area (Å²) in [6.07, 6.45) is 1.53. The number of halogens is 1. The molecular formula is C33H30ClN3O5S. The van der Waals surface area contributed by atoms with Gasteiger partial charge in [-0.15, -0.1) is 11.8 Å². The Labute approximate surface area is 259 Å². The first kappa shape index (κ1) is 31.2. The van der Waals surface area contributed by atoms with Gasteiger partial charge in [0.15, 0.2) is 0 Å². The van der Waals surface area contributed by atoms with Gasteiger partial charge in [0.25, 0.3) is 11.8 Å². The van der Waals surface area contributed by atoms with Gasteiger partial charge in [-0.3, -0.25) is 14.4 Å². The number of thioether (sulfide) groups is 1. The number of methoxy groups -OCH3 is 2. The maximum Gasteiger partial charge on any atom is 0.272 e. The van der Waals surface area contributed by atoms with Gasteiger partial charge in [-0.05, 0) is 85.8 Å². The van der Waals surface area contributed by atoms with Crippen LogP contribution in [-0.4, -0.2) is 37.2 Å². The van der Waals surface area contributed by atoms with Gasteiger partial charge in [-0.1, -0.05) is 35.9 Å². The van der Waals surface area contributed by atoms with Gasteiger partial charge in [-0.2, -0.15) is 0 Å². The van der Waals surface area contributed by atoms with Crippen LogP contribution in [0.25, 0.3) is 6.08 Å². The van der Waals surface area contributed by atoms with Crippen LogP contribution in [0.4, 0.5) is 11.4 Å². The molecule has 43 heavy (non-hydrogen) atoms. The lowest BCUT2D eigenvalue weighted by molar-refractivity contribution is -0.115. The minimum Gasteiger partial charge on any atom is -0.497 e. The molecule has 4 aromatic rings. The molecule has 0 bridgehead atoms. The molecule has 1 unspecified atom stereocenters. The van der Waals surface area contributed by atoms with Crippen molar-refractivity contribution in [3.8, 4) is 11.5 Å². The molecule has 3 amide bonds. The van der Waals surface area contributed by atoms with Gasteiger partial charge >= 0.3 is 0 Å².